The van der Waals surface area contributed by atoms with E-state index in [0.717, 1.165) is 18.7 Å². The molecule has 5 heteroatoms. The lowest BCUT2D eigenvalue weighted by molar-refractivity contribution is 0.102. The molecule has 0 fully saturated rings. The van der Waals surface area contributed by atoms with Gasteiger partial charge in [-0.05, 0) is 26.3 Å². The second-order valence-electron chi connectivity index (χ2n) is 4.31. The fourth-order valence-electron chi connectivity index (χ4n) is 1.95. The summed E-state index contributed by atoms with van der Waals surface area (Å²) in [5, 5.41) is 8.47. The van der Waals surface area contributed by atoms with E-state index in [0.29, 0.717) is 17.8 Å². The van der Waals surface area contributed by atoms with Gasteiger partial charge in [-0.2, -0.15) is 10.2 Å². The maximum absolute atomic E-state index is 12.3. The van der Waals surface area contributed by atoms with Crippen LogP contribution in [0.3, 0.4) is 0 Å². The summed E-state index contributed by atoms with van der Waals surface area (Å²) in [6.07, 6.45) is 4.43. The Labute approximate surface area is 106 Å². The van der Waals surface area contributed by atoms with E-state index in [9.17, 15) is 4.79 Å². The molecule has 0 N–H and O–H groups in total. The van der Waals surface area contributed by atoms with Crippen molar-refractivity contribution in [2.75, 3.05) is 0 Å². The molecule has 0 amide bonds. The van der Waals surface area contributed by atoms with Crippen molar-refractivity contribution in [1.82, 2.24) is 19.6 Å². The van der Waals surface area contributed by atoms with Crippen molar-refractivity contribution in [1.29, 1.82) is 0 Å². The number of rotatable bonds is 5. The van der Waals surface area contributed by atoms with E-state index >= 15 is 0 Å². The largest absolute Gasteiger partial charge is 0.287 e. The average Bonchev–Trinajstić information content (AvgIpc) is 2.95. The first-order valence-corrected chi connectivity index (χ1v) is 6.27. The number of hydrogen-bond acceptors (Lipinski definition) is 3. The van der Waals surface area contributed by atoms with Crippen molar-refractivity contribution < 1.29 is 4.79 Å². The zero-order valence-electron chi connectivity index (χ0n) is 11.1. The highest BCUT2D eigenvalue weighted by Crippen LogP contribution is 2.11. The van der Waals surface area contributed by atoms with Gasteiger partial charge in [-0.1, -0.05) is 6.92 Å². The van der Waals surface area contributed by atoms with Crippen LogP contribution in [0.5, 0.6) is 0 Å². The lowest BCUT2D eigenvalue weighted by Crippen LogP contribution is -2.10. The predicted molar refractivity (Wildman–Crippen MR) is 68.6 cm³/mol. The third kappa shape index (κ3) is 2.34. The molecule has 0 unspecified atom stereocenters. The summed E-state index contributed by atoms with van der Waals surface area (Å²) in [6.45, 7) is 7.48. The molecule has 0 aliphatic carbocycles. The standard InChI is InChI=1S/C13H18N4O/c1-4-6-16-9-11(8-14-16)13(18)12-7-10(3)15-17(12)5-2/h7-9H,4-6H2,1-3H3. The molecule has 2 rings (SSSR count). The Morgan fingerprint density at radius 2 is 2.17 bits per heavy atom. The summed E-state index contributed by atoms with van der Waals surface area (Å²) in [6, 6.07) is 1.82. The van der Waals surface area contributed by atoms with E-state index in [1.807, 2.05) is 19.9 Å². The van der Waals surface area contributed by atoms with Crippen LogP contribution >= 0.6 is 0 Å². The summed E-state index contributed by atoms with van der Waals surface area (Å²) in [5.41, 5.74) is 2.12. The van der Waals surface area contributed by atoms with Gasteiger partial charge in [0.2, 0.25) is 5.78 Å². The highest BCUT2D eigenvalue weighted by Gasteiger charge is 2.16. The molecule has 0 saturated carbocycles. The van der Waals surface area contributed by atoms with Crippen molar-refractivity contribution in [3.8, 4) is 0 Å². The molecule has 0 bridgehead atoms. The number of aromatic nitrogens is 4. The van der Waals surface area contributed by atoms with Crippen LogP contribution in [0.1, 0.15) is 42.0 Å². The molecule has 18 heavy (non-hydrogen) atoms. The Kier molecular flexibility index (Phi) is 3.60. The predicted octanol–water partition coefficient (Wildman–Crippen LogP) is 2.05. The van der Waals surface area contributed by atoms with Gasteiger partial charge in [0.25, 0.3) is 0 Å². The average molecular weight is 246 g/mol. The summed E-state index contributed by atoms with van der Waals surface area (Å²) < 4.78 is 3.53. The molecule has 0 aliphatic rings. The Hall–Kier alpha value is -1.91. The van der Waals surface area contributed by atoms with Crippen LogP contribution in [-0.2, 0) is 13.1 Å². The molecule has 0 spiro atoms. The zero-order valence-corrected chi connectivity index (χ0v) is 11.1. The number of nitrogens with zero attached hydrogens (tertiary/aromatic N) is 4. The third-order valence-corrected chi connectivity index (χ3v) is 2.78. The highest BCUT2D eigenvalue weighted by molar-refractivity contribution is 6.07. The minimum atomic E-state index is -0.0141. The van der Waals surface area contributed by atoms with E-state index in [1.165, 1.54) is 0 Å². The molecule has 0 aliphatic heterocycles. The maximum Gasteiger partial charge on any atom is 0.214 e. The van der Waals surface area contributed by atoms with Crippen LogP contribution in [0, 0.1) is 6.92 Å². The quantitative estimate of drug-likeness (QED) is 0.759. The molecule has 2 aromatic rings. The van der Waals surface area contributed by atoms with E-state index in [-0.39, 0.29) is 5.78 Å². The van der Waals surface area contributed by atoms with Crippen LogP contribution in [0.4, 0.5) is 0 Å². The number of carbonyl (C=O) groups is 1. The number of hydrogen-bond donors (Lipinski definition) is 0. The van der Waals surface area contributed by atoms with Gasteiger partial charge < -0.3 is 0 Å². The van der Waals surface area contributed by atoms with Gasteiger partial charge in [0.1, 0.15) is 5.69 Å². The van der Waals surface area contributed by atoms with Crippen LogP contribution in [0.25, 0.3) is 0 Å². The van der Waals surface area contributed by atoms with Crippen LogP contribution < -0.4 is 0 Å². The Balaban J connectivity index is 2.29. The molecule has 96 valence electrons. The Bertz CT molecular complexity index is 553. The highest BCUT2D eigenvalue weighted by atomic mass is 16.1. The summed E-state index contributed by atoms with van der Waals surface area (Å²) in [7, 11) is 0. The molecule has 0 aromatic carbocycles. The van der Waals surface area contributed by atoms with Crippen molar-refractivity contribution in [3.05, 3.63) is 35.4 Å². The molecule has 0 saturated heterocycles. The molecule has 2 heterocycles. The van der Waals surface area contributed by atoms with Gasteiger partial charge in [-0.3, -0.25) is 14.2 Å². The van der Waals surface area contributed by atoms with Crippen molar-refractivity contribution >= 4 is 5.78 Å². The maximum atomic E-state index is 12.3. The Morgan fingerprint density at radius 3 is 2.83 bits per heavy atom. The first kappa shape index (κ1) is 12.5. The molecular formula is C13H18N4O. The van der Waals surface area contributed by atoms with E-state index in [1.54, 1.807) is 21.8 Å². The van der Waals surface area contributed by atoms with Gasteiger partial charge in [-0.15, -0.1) is 0 Å². The van der Waals surface area contributed by atoms with E-state index < -0.39 is 0 Å². The minimum absolute atomic E-state index is 0.0141. The second kappa shape index (κ2) is 5.16. The van der Waals surface area contributed by atoms with Crippen LogP contribution in [-0.4, -0.2) is 25.3 Å². The topological polar surface area (TPSA) is 52.7 Å². The lowest BCUT2D eigenvalue weighted by atomic mass is 10.1. The SMILES string of the molecule is CCCn1cc(C(=O)c2cc(C)nn2CC)cn1. The Morgan fingerprint density at radius 1 is 1.39 bits per heavy atom. The van der Waals surface area contributed by atoms with Crippen molar-refractivity contribution in [2.45, 2.75) is 40.3 Å². The van der Waals surface area contributed by atoms with Gasteiger partial charge in [0.05, 0.1) is 17.5 Å². The van der Waals surface area contributed by atoms with Gasteiger partial charge in [0.15, 0.2) is 0 Å². The van der Waals surface area contributed by atoms with Gasteiger partial charge in [0, 0.05) is 19.3 Å². The molecule has 5 nitrogen and oxygen atoms in total. The van der Waals surface area contributed by atoms with Gasteiger partial charge in [-0.25, -0.2) is 0 Å². The minimum Gasteiger partial charge on any atom is -0.287 e. The second-order valence-corrected chi connectivity index (χ2v) is 4.31. The third-order valence-electron chi connectivity index (χ3n) is 2.78. The van der Waals surface area contributed by atoms with Crippen molar-refractivity contribution in [3.63, 3.8) is 0 Å². The summed E-state index contributed by atoms with van der Waals surface area (Å²) in [5.74, 6) is -0.0141. The molecule has 2 aromatic heterocycles. The van der Waals surface area contributed by atoms with E-state index in [4.69, 9.17) is 0 Å². The summed E-state index contributed by atoms with van der Waals surface area (Å²) in [4.78, 5) is 12.3. The molecule has 0 atom stereocenters. The monoisotopic (exact) mass is 246 g/mol. The van der Waals surface area contributed by atoms with Crippen LogP contribution in [0.15, 0.2) is 18.5 Å². The fourth-order valence-corrected chi connectivity index (χ4v) is 1.95. The lowest BCUT2D eigenvalue weighted by Gasteiger charge is -2.01. The number of carbonyl (C=O) groups excluding carboxylic acids is 1. The first-order valence-electron chi connectivity index (χ1n) is 6.27. The fraction of sp³-hybridized carbons (Fsp3) is 0.462. The number of ketones is 1. The van der Waals surface area contributed by atoms with Gasteiger partial charge >= 0.3 is 0 Å². The van der Waals surface area contributed by atoms with Crippen molar-refractivity contribution in [2.24, 2.45) is 0 Å². The first-order chi connectivity index (χ1) is 8.65. The van der Waals surface area contributed by atoms with Crippen LogP contribution in [0.2, 0.25) is 0 Å². The number of aryl methyl sites for hydroxylation is 3. The zero-order chi connectivity index (χ0) is 13.1. The smallest absolute Gasteiger partial charge is 0.214 e. The molecule has 0 radical (unpaired) electrons. The normalized spacial score (nSPS) is 10.8. The van der Waals surface area contributed by atoms with E-state index in [2.05, 4.69) is 17.1 Å². The molecular weight excluding hydrogens is 228 g/mol. The summed E-state index contributed by atoms with van der Waals surface area (Å²) >= 11 is 0.